The zero-order valence-corrected chi connectivity index (χ0v) is 15.9. The van der Waals surface area contributed by atoms with Crippen molar-refractivity contribution >= 4 is 23.3 Å². The van der Waals surface area contributed by atoms with Crippen LogP contribution >= 0.6 is 0 Å². The summed E-state index contributed by atoms with van der Waals surface area (Å²) in [6, 6.07) is 8.15. The number of aryl methyl sites for hydroxylation is 1. The van der Waals surface area contributed by atoms with Gasteiger partial charge in [0.25, 0.3) is 5.91 Å². The van der Waals surface area contributed by atoms with E-state index in [1.165, 1.54) is 5.56 Å². The molecule has 1 aliphatic carbocycles. The molecule has 3 unspecified atom stereocenters. The Bertz CT molecular complexity index is 777. The summed E-state index contributed by atoms with van der Waals surface area (Å²) >= 11 is 0. The van der Waals surface area contributed by atoms with E-state index >= 15 is 0 Å². The second kappa shape index (κ2) is 7.21. The van der Waals surface area contributed by atoms with Crippen LogP contribution in [0, 0.1) is 0 Å². The number of carbonyl (C=O) groups is 2. The van der Waals surface area contributed by atoms with Crippen LogP contribution < -0.4 is 10.7 Å². The molecule has 0 aromatic heterocycles. The molecule has 3 aliphatic rings. The van der Waals surface area contributed by atoms with Crippen LogP contribution in [0.4, 0.5) is 5.69 Å². The molecule has 4 rings (SSSR count). The number of fused-ring (bicyclic) bond motifs is 3. The molecule has 0 radical (unpaired) electrons. The molecular formula is C20H27N5O2. The zero-order chi connectivity index (χ0) is 19.0. The first-order valence-electron chi connectivity index (χ1n) is 9.86. The summed E-state index contributed by atoms with van der Waals surface area (Å²) in [6.45, 7) is 4.11. The van der Waals surface area contributed by atoms with E-state index in [2.05, 4.69) is 27.7 Å². The Morgan fingerprint density at radius 1 is 1.30 bits per heavy atom. The van der Waals surface area contributed by atoms with Gasteiger partial charge in [-0.3, -0.25) is 15.0 Å². The van der Waals surface area contributed by atoms with Gasteiger partial charge in [0.1, 0.15) is 12.4 Å². The summed E-state index contributed by atoms with van der Waals surface area (Å²) in [5.74, 6) is 0.659. The third kappa shape index (κ3) is 3.26. The number of piperazine rings is 1. The van der Waals surface area contributed by atoms with Crippen LogP contribution in [0.25, 0.3) is 0 Å². The van der Waals surface area contributed by atoms with Crippen molar-refractivity contribution in [2.75, 3.05) is 11.9 Å². The predicted molar refractivity (Wildman–Crippen MR) is 104 cm³/mol. The van der Waals surface area contributed by atoms with Gasteiger partial charge in [-0.25, -0.2) is 0 Å². The van der Waals surface area contributed by atoms with E-state index in [-0.39, 0.29) is 30.4 Å². The number of carbonyl (C=O) groups excluding carboxylic acids is 2. The van der Waals surface area contributed by atoms with Gasteiger partial charge < -0.3 is 15.1 Å². The van der Waals surface area contributed by atoms with E-state index in [4.69, 9.17) is 0 Å². The van der Waals surface area contributed by atoms with Crippen molar-refractivity contribution in [3.05, 3.63) is 29.8 Å². The molecule has 3 atom stereocenters. The zero-order valence-electron chi connectivity index (χ0n) is 15.9. The highest BCUT2D eigenvalue weighted by atomic mass is 16.2. The fourth-order valence-electron chi connectivity index (χ4n) is 4.59. The minimum Gasteiger partial charge on any atom is -0.325 e. The molecule has 2 N–H and O–H groups in total. The summed E-state index contributed by atoms with van der Waals surface area (Å²) in [5.41, 5.74) is 4.91. The standard InChI is InChI=1S/C20H27N5O2/c1-3-14-7-6-8-15(11-14)21-18(26)12-24-16-9-4-5-10-17(16)25-13(2)22-23-19(25)20(24)27/h6-8,11,16-17,19,23H,3-5,9-10,12H2,1-2H3,(H,21,26). The van der Waals surface area contributed by atoms with Gasteiger partial charge >= 0.3 is 0 Å². The summed E-state index contributed by atoms with van der Waals surface area (Å²) in [7, 11) is 0. The van der Waals surface area contributed by atoms with E-state index in [1.807, 2.05) is 31.2 Å². The number of nitrogens with one attached hydrogen (secondary N) is 2. The van der Waals surface area contributed by atoms with Crippen LogP contribution in [0.5, 0.6) is 0 Å². The van der Waals surface area contributed by atoms with Crippen molar-refractivity contribution < 1.29 is 9.59 Å². The van der Waals surface area contributed by atoms with E-state index in [0.29, 0.717) is 0 Å². The maximum atomic E-state index is 13.1. The van der Waals surface area contributed by atoms with Gasteiger partial charge in [0.2, 0.25) is 5.91 Å². The fourth-order valence-corrected chi connectivity index (χ4v) is 4.59. The van der Waals surface area contributed by atoms with E-state index < -0.39 is 6.17 Å². The molecule has 1 aromatic carbocycles. The molecule has 144 valence electrons. The highest BCUT2D eigenvalue weighted by Gasteiger charge is 2.50. The van der Waals surface area contributed by atoms with Crippen LogP contribution in [0.3, 0.4) is 0 Å². The maximum Gasteiger partial charge on any atom is 0.268 e. The number of hydrogen-bond acceptors (Lipinski definition) is 5. The van der Waals surface area contributed by atoms with Crippen LogP contribution in [0.1, 0.15) is 45.1 Å². The monoisotopic (exact) mass is 369 g/mol. The number of benzene rings is 1. The van der Waals surface area contributed by atoms with Gasteiger partial charge in [-0.2, -0.15) is 5.10 Å². The van der Waals surface area contributed by atoms with Crippen molar-refractivity contribution in [2.24, 2.45) is 5.10 Å². The number of amides is 2. The van der Waals surface area contributed by atoms with Crippen molar-refractivity contribution in [2.45, 2.75) is 64.2 Å². The number of hydrazone groups is 1. The Hall–Kier alpha value is -2.57. The third-order valence-electron chi connectivity index (χ3n) is 5.90. The molecular weight excluding hydrogens is 342 g/mol. The van der Waals surface area contributed by atoms with E-state index in [0.717, 1.165) is 43.6 Å². The molecule has 2 amide bonds. The van der Waals surface area contributed by atoms with Crippen molar-refractivity contribution in [1.29, 1.82) is 0 Å². The highest BCUT2D eigenvalue weighted by Crippen LogP contribution is 2.34. The van der Waals surface area contributed by atoms with Crippen LogP contribution in [-0.4, -0.2) is 52.2 Å². The van der Waals surface area contributed by atoms with Crippen molar-refractivity contribution in [3.8, 4) is 0 Å². The topological polar surface area (TPSA) is 77.0 Å². The Labute approximate surface area is 159 Å². The molecule has 2 fully saturated rings. The first-order chi connectivity index (χ1) is 13.1. The lowest BCUT2D eigenvalue weighted by atomic mass is 9.85. The Morgan fingerprint density at radius 2 is 2.07 bits per heavy atom. The Balaban J connectivity index is 1.50. The van der Waals surface area contributed by atoms with Crippen LogP contribution in [-0.2, 0) is 16.0 Å². The largest absolute Gasteiger partial charge is 0.325 e. The number of rotatable bonds is 4. The van der Waals surface area contributed by atoms with Gasteiger partial charge in [0.15, 0.2) is 6.17 Å². The summed E-state index contributed by atoms with van der Waals surface area (Å²) < 4.78 is 0. The van der Waals surface area contributed by atoms with Gasteiger partial charge in [-0.1, -0.05) is 31.9 Å². The fraction of sp³-hybridized carbons (Fsp3) is 0.550. The molecule has 2 heterocycles. The molecule has 1 saturated heterocycles. The molecule has 2 aliphatic heterocycles. The van der Waals surface area contributed by atoms with Crippen LogP contribution in [0.2, 0.25) is 0 Å². The lowest BCUT2D eigenvalue weighted by Gasteiger charge is -2.50. The summed E-state index contributed by atoms with van der Waals surface area (Å²) in [4.78, 5) is 29.6. The molecule has 0 spiro atoms. The maximum absolute atomic E-state index is 13.1. The number of nitrogens with zero attached hydrogens (tertiary/aromatic N) is 3. The lowest BCUT2D eigenvalue weighted by Crippen LogP contribution is -2.69. The third-order valence-corrected chi connectivity index (χ3v) is 5.90. The normalized spacial score (nSPS) is 26.8. The molecule has 27 heavy (non-hydrogen) atoms. The average molecular weight is 369 g/mol. The minimum atomic E-state index is -0.472. The van der Waals surface area contributed by atoms with Gasteiger partial charge in [-0.05, 0) is 43.9 Å². The second-order valence-electron chi connectivity index (χ2n) is 7.59. The molecule has 1 aromatic rings. The van der Waals surface area contributed by atoms with Gasteiger partial charge in [0.05, 0.1) is 12.1 Å². The van der Waals surface area contributed by atoms with E-state index in [9.17, 15) is 9.59 Å². The van der Waals surface area contributed by atoms with Crippen molar-refractivity contribution in [1.82, 2.24) is 15.2 Å². The Morgan fingerprint density at radius 3 is 2.85 bits per heavy atom. The van der Waals surface area contributed by atoms with Crippen molar-refractivity contribution in [3.63, 3.8) is 0 Å². The minimum absolute atomic E-state index is 0.0591. The van der Waals surface area contributed by atoms with Crippen LogP contribution in [0.15, 0.2) is 29.4 Å². The molecule has 1 saturated carbocycles. The molecule has 7 nitrogen and oxygen atoms in total. The first-order valence-corrected chi connectivity index (χ1v) is 9.86. The molecule has 0 bridgehead atoms. The highest BCUT2D eigenvalue weighted by molar-refractivity contribution is 5.97. The quantitative estimate of drug-likeness (QED) is 0.850. The number of hydrogen-bond donors (Lipinski definition) is 2. The average Bonchev–Trinajstić information content (AvgIpc) is 3.07. The Kier molecular flexibility index (Phi) is 4.76. The van der Waals surface area contributed by atoms with Gasteiger partial charge in [-0.15, -0.1) is 0 Å². The predicted octanol–water partition coefficient (Wildman–Crippen LogP) is 1.91. The lowest BCUT2D eigenvalue weighted by molar-refractivity contribution is -0.151. The number of amidine groups is 1. The molecule has 7 heteroatoms. The number of anilines is 1. The first kappa shape index (κ1) is 17.8. The smallest absolute Gasteiger partial charge is 0.268 e. The van der Waals surface area contributed by atoms with Gasteiger partial charge in [0, 0.05) is 5.69 Å². The van der Waals surface area contributed by atoms with E-state index in [1.54, 1.807) is 4.90 Å². The SMILES string of the molecule is CCc1cccc(NC(=O)CN2C(=O)C3NN=C(C)N3C3CCCCC32)c1. The second-order valence-corrected chi connectivity index (χ2v) is 7.59. The summed E-state index contributed by atoms with van der Waals surface area (Å²) in [5, 5.41) is 7.22. The summed E-state index contributed by atoms with van der Waals surface area (Å²) in [6.07, 6.45) is 4.65.